The van der Waals surface area contributed by atoms with E-state index in [9.17, 15) is 9.59 Å². The topological polar surface area (TPSA) is 70.2 Å². The minimum absolute atomic E-state index is 0.124. The van der Waals surface area contributed by atoms with Gasteiger partial charge in [-0.25, -0.2) is 0 Å². The highest BCUT2D eigenvalue weighted by Crippen LogP contribution is 2.65. The molecule has 1 aliphatic carbocycles. The van der Waals surface area contributed by atoms with E-state index in [-0.39, 0.29) is 21.3 Å². The molecule has 0 heterocycles. The Labute approximate surface area is 232 Å². The summed E-state index contributed by atoms with van der Waals surface area (Å²) in [5, 5.41) is 9.55. The van der Waals surface area contributed by atoms with E-state index in [0.29, 0.717) is 21.3 Å². The SMILES string of the molecule is CNc1ccc(NC(=O)c2cc(NC(=O)[C@@H]3[C@@H](c4cc(Cl)cc(Cl)c4)C3(Cl)Cl)c(Cl)cc2Cl)cc1. The van der Waals surface area contributed by atoms with Gasteiger partial charge in [0.05, 0.1) is 27.2 Å². The summed E-state index contributed by atoms with van der Waals surface area (Å²) in [6.45, 7) is 0. The zero-order valence-electron chi connectivity index (χ0n) is 17.9. The first-order valence-corrected chi connectivity index (χ1v) is 12.5. The van der Waals surface area contributed by atoms with Crippen molar-refractivity contribution in [1.29, 1.82) is 0 Å². The third kappa shape index (κ3) is 5.61. The first-order chi connectivity index (χ1) is 16.5. The highest BCUT2D eigenvalue weighted by molar-refractivity contribution is 6.53. The van der Waals surface area contributed by atoms with Crippen LogP contribution in [0.2, 0.25) is 20.1 Å². The van der Waals surface area contributed by atoms with Gasteiger partial charge in [-0.05, 0) is 60.2 Å². The van der Waals surface area contributed by atoms with Gasteiger partial charge in [0.1, 0.15) is 4.33 Å². The van der Waals surface area contributed by atoms with E-state index in [1.54, 1.807) is 37.4 Å². The van der Waals surface area contributed by atoms with E-state index in [1.807, 2.05) is 12.1 Å². The van der Waals surface area contributed by atoms with Crippen molar-refractivity contribution in [3.05, 3.63) is 85.8 Å². The smallest absolute Gasteiger partial charge is 0.257 e. The van der Waals surface area contributed by atoms with Crippen molar-refractivity contribution in [1.82, 2.24) is 0 Å². The Morgan fingerprint density at radius 3 is 2.00 bits per heavy atom. The van der Waals surface area contributed by atoms with Gasteiger partial charge < -0.3 is 16.0 Å². The van der Waals surface area contributed by atoms with E-state index in [0.717, 1.165) is 5.69 Å². The van der Waals surface area contributed by atoms with E-state index in [1.165, 1.54) is 12.1 Å². The van der Waals surface area contributed by atoms with Gasteiger partial charge in [-0.1, -0.05) is 46.4 Å². The summed E-state index contributed by atoms with van der Waals surface area (Å²) in [4.78, 5) is 25.9. The Morgan fingerprint density at radius 2 is 1.40 bits per heavy atom. The average Bonchev–Trinajstić information content (AvgIpc) is 3.37. The molecule has 5 nitrogen and oxygen atoms in total. The van der Waals surface area contributed by atoms with Crippen LogP contribution in [-0.2, 0) is 4.79 Å². The van der Waals surface area contributed by atoms with Crippen molar-refractivity contribution in [3.63, 3.8) is 0 Å². The van der Waals surface area contributed by atoms with Crippen molar-refractivity contribution < 1.29 is 9.59 Å². The molecule has 1 saturated carbocycles. The van der Waals surface area contributed by atoms with Gasteiger partial charge in [-0.2, -0.15) is 0 Å². The largest absolute Gasteiger partial charge is 0.388 e. The predicted molar refractivity (Wildman–Crippen MR) is 146 cm³/mol. The number of hydrogen-bond donors (Lipinski definition) is 3. The van der Waals surface area contributed by atoms with Crippen LogP contribution in [0.15, 0.2) is 54.6 Å². The summed E-state index contributed by atoms with van der Waals surface area (Å²) in [5.41, 5.74) is 2.42. The normalized spacial score (nSPS) is 18.0. The number of carbonyl (C=O) groups is 2. The minimum atomic E-state index is -1.36. The summed E-state index contributed by atoms with van der Waals surface area (Å²) < 4.78 is -1.36. The Balaban J connectivity index is 1.53. The molecule has 1 aliphatic rings. The number of alkyl halides is 2. The van der Waals surface area contributed by atoms with Crippen molar-refractivity contribution in [2.24, 2.45) is 5.92 Å². The van der Waals surface area contributed by atoms with E-state index < -0.39 is 28.0 Å². The number of halogens is 6. The fraction of sp³-hybridized carbons (Fsp3) is 0.167. The number of nitrogens with one attached hydrogen (secondary N) is 3. The van der Waals surface area contributed by atoms with Gasteiger partial charge in [-0.15, -0.1) is 23.2 Å². The third-order valence-electron chi connectivity index (χ3n) is 5.57. The van der Waals surface area contributed by atoms with Crippen LogP contribution < -0.4 is 16.0 Å². The molecule has 1 fully saturated rings. The van der Waals surface area contributed by atoms with Gasteiger partial charge in [0.25, 0.3) is 5.91 Å². The van der Waals surface area contributed by atoms with Crippen LogP contribution in [0.5, 0.6) is 0 Å². The Hall–Kier alpha value is -1.86. The van der Waals surface area contributed by atoms with Gasteiger partial charge in [0.15, 0.2) is 0 Å². The lowest BCUT2D eigenvalue weighted by Crippen LogP contribution is -2.18. The first kappa shape index (κ1) is 26.2. The molecule has 0 radical (unpaired) electrons. The van der Waals surface area contributed by atoms with Gasteiger partial charge in [0.2, 0.25) is 5.91 Å². The highest BCUT2D eigenvalue weighted by atomic mass is 35.5. The Bertz CT molecular complexity index is 1290. The molecule has 0 aliphatic heterocycles. The average molecular weight is 592 g/mol. The zero-order chi connectivity index (χ0) is 25.5. The number of hydrogen-bond acceptors (Lipinski definition) is 3. The lowest BCUT2D eigenvalue weighted by Gasteiger charge is -2.12. The molecular formula is C24H17Cl6N3O2. The van der Waals surface area contributed by atoms with Crippen LogP contribution in [0.4, 0.5) is 17.1 Å². The second-order valence-electron chi connectivity index (χ2n) is 7.92. The van der Waals surface area contributed by atoms with Gasteiger partial charge in [0, 0.05) is 34.4 Å². The summed E-state index contributed by atoms with van der Waals surface area (Å²) in [5.74, 6) is -2.28. The molecule has 0 spiro atoms. The molecule has 2 amide bonds. The monoisotopic (exact) mass is 589 g/mol. The summed E-state index contributed by atoms with van der Waals surface area (Å²) in [7, 11) is 1.80. The van der Waals surface area contributed by atoms with Gasteiger partial charge in [-0.3, -0.25) is 9.59 Å². The molecule has 11 heteroatoms. The molecule has 0 aromatic heterocycles. The summed E-state index contributed by atoms with van der Waals surface area (Å²) >= 11 is 37.6. The van der Waals surface area contributed by atoms with Crippen molar-refractivity contribution in [2.75, 3.05) is 23.0 Å². The second kappa shape index (κ2) is 10.3. The first-order valence-electron chi connectivity index (χ1n) is 10.2. The van der Waals surface area contributed by atoms with Crippen LogP contribution in [0.1, 0.15) is 21.8 Å². The van der Waals surface area contributed by atoms with E-state index in [2.05, 4.69) is 16.0 Å². The lowest BCUT2D eigenvalue weighted by atomic mass is 10.1. The maximum atomic E-state index is 13.1. The fourth-order valence-corrected chi connectivity index (χ4v) is 5.66. The van der Waals surface area contributed by atoms with Crippen molar-refractivity contribution in [2.45, 2.75) is 10.3 Å². The van der Waals surface area contributed by atoms with E-state index in [4.69, 9.17) is 69.6 Å². The molecular weight excluding hydrogens is 575 g/mol. The highest BCUT2D eigenvalue weighted by Gasteiger charge is 2.67. The molecule has 0 bridgehead atoms. The van der Waals surface area contributed by atoms with Crippen molar-refractivity contribution >= 4 is 98.5 Å². The fourth-order valence-electron chi connectivity index (χ4n) is 3.77. The molecule has 35 heavy (non-hydrogen) atoms. The number of anilines is 3. The Kier molecular flexibility index (Phi) is 7.68. The Morgan fingerprint density at radius 1 is 0.800 bits per heavy atom. The number of benzene rings is 3. The quantitative estimate of drug-likeness (QED) is 0.254. The standard InChI is InChI=1S/C24H17Cl6N3O2/c1-31-14-2-4-15(5-3-14)32-22(34)16-9-19(18(28)10-17(16)27)33-23(35)21-20(24(21,29)30)11-6-12(25)8-13(26)7-11/h2-10,20-21,31H,1H3,(H,32,34)(H,33,35)/t20-,21+/m1/s1. The minimum Gasteiger partial charge on any atom is -0.388 e. The van der Waals surface area contributed by atoms with Crippen LogP contribution in [0, 0.1) is 5.92 Å². The molecule has 0 unspecified atom stereocenters. The maximum absolute atomic E-state index is 13.1. The van der Waals surface area contributed by atoms with Crippen LogP contribution in [0.3, 0.4) is 0 Å². The summed E-state index contributed by atoms with van der Waals surface area (Å²) in [6.07, 6.45) is 0. The number of carbonyl (C=O) groups excluding carboxylic acids is 2. The van der Waals surface area contributed by atoms with Crippen LogP contribution >= 0.6 is 69.6 Å². The van der Waals surface area contributed by atoms with Crippen LogP contribution in [-0.4, -0.2) is 23.2 Å². The number of amides is 2. The van der Waals surface area contributed by atoms with E-state index >= 15 is 0 Å². The molecule has 0 saturated heterocycles. The molecule has 3 N–H and O–H groups in total. The molecule has 182 valence electrons. The van der Waals surface area contributed by atoms with Gasteiger partial charge >= 0.3 is 0 Å². The van der Waals surface area contributed by atoms with Crippen LogP contribution in [0.25, 0.3) is 0 Å². The zero-order valence-corrected chi connectivity index (χ0v) is 22.5. The predicted octanol–water partition coefficient (Wildman–Crippen LogP) is 8.12. The second-order valence-corrected chi connectivity index (χ2v) is 11.0. The molecule has 3 aromatic rings. The molecule has 4 rings (SSSR count). The number of rotatable bonds is 6. The lowest BCUT2D eigenvalue weighted by molar-refractivity contribution is -0.117. The third-order valence-corrected chi connectivity index (χ3v) is 7.57. The molecule has 2 atom stereocenters. The summed E-state index contributed by atoms with van der Waals surface area (Å²) in [6, 6.07) is 14.8. The van der Waals surface area contributed by atoms with Crippen molar-refractivity contribution in [3.8, 4) is 0 Å². The maximum Gasteiger partial charge on any atom is 0.257 e. The molecule has 3 aromatic carbocycles.